The molecule has 17 heavy (non-hydrogen) atoms. The van der Waals surface area contributed by atoms with E-state index in [-0.39, 0.29) is 11.8 Å². The zero-order chi connectivity index (χ0) is 12.3. The Morgan fingerprint density at radius 3 is 3.24 bits per heavy atom. The minimum Gasteiger partial charge on any atom is -0.464 e. The lowest BCUT2D eigenvalue weighted by Gasteiger charge is -2.24. The van der Waals surface area contributed by atoms with Crippen molar-refractivity contribution >= 4 is 11.8 Å². The molecule has 1 saturated heterocycles. The zero-order valence-corrected chi connectivity index (χ0v) is 9.73. The number of anilines is 1. The topological polar surface area (TPSA) is 42.4 Å². The molecule has 1 aliphatic heterocycles. The molecular formula is C12H15FN2O2. The van der Waals surface area contributed by atoms with Gasteiger partial charge in [-0.15, -0.1) is 0 Å². The van der Waals surface area contributed by atoms with Crippen LogP contribution in [0.2, 0.25) is 0 Å². The van der Waals surface area contributed by atoms with Crippen molar-refractivity contribution in [1.29, 1.82) is 0 Å². The highest BCUT2D eigenvalue weighted by molar-refractivity contribution is 5.80. The van der Waals surface area contributed by atoms with Gasteiger partial charge < -0.3 is 9.64 Å². The summed E-state index contributed by atoms with van der Waals surface area (Å²) in [6.45, 7) is 2.74. The summed E-state index contributed by atoms with van der Waals surface area (Å²) in [5, 5.41) is 0. The summed E-state index contributed by atoms with van der Waals surface area (Å²) in [6, 6.07) is 2.48. The van der Waals surface area contributed by atoms with Crippen LogP contribution in [0.5, 0.6) is 0 Å². The molecule has 0 aromatic carbocycles. The standard InChI is InChI=1S/C12H15FN2O2/c1-2-17-12(16)10-6-4-8-15(10)11-9(13)5-3-7-14-11/h3,5,7,10H,2,4,6,8H2,1H3. The van der Waals surface area contributed by atoms with E-state index in [9.17, 15) is 9.18 Å². The molecule has 1 aromatic rings. The second-order valence-corrected chi connectivity index (χ2v) is 3.91. The molecular weight excluding hydrogens is 223 g/mol. The summed E-state index contributed by atoms with van der Waals surface area (Å²) in [5.41, 5.74) is 0. The van der Waals surface area contributed by atoms with Crippen LogP contribution in [0.3, 0.4) is 0 Å². The van der Waals surface area contributed by atoms with Gasteiger partial charge in [0.05, 0.1) is 6.61 Å². The van der Waals surface area contributed by atoms with Gasteiger partial charge in [-0.1, -0.05) is 0 Å². The van der Waals surface area contributed by atoms with Crippen LogP contribution in [0.25, 0.3) is 0 Å². The van der Waals surface area contributed by atoms with E-state index in [0.29, 0.717) is 19.6 Å². The van der Waals surface area contributed by atoms with E-state index < -0.39 is 11.9 Å². The van der Waals surface area contributed by atoms with E-state index in [1.807, 2.05) is 0 Å². The number of aromatic nitrogens is 1. The van der Waals surface area contributed by atoms with Gasteiger partial charge in [-0.3, -0.25) is 0 Å². The van der Waals surface area contributed by atoms with Crippen LogP contribution in [-0.4, -0.2) is 30.1 Å². The molecule has 1 unspecified atom stereocenters. The van der Waals surface area contributed by atoms with Gasteiger partial charge in [0.2, 0.25) is 0 Å². The van der Waals surface area contributed by atoms with Crippen LogP contribution in [0.15, 0.2) is 18.3 Å². The molecule has 0 amide bonds. The Balaban J connectivity index is 2.20. The van der Waals surface area contributed by atoms with Crippen LogP contribution in [0.4, 0.5) is 10.2 Å². The van der Waals surface area contributed by atoms with Crippen molar-refractivity contribution in [2.45, 2.75) is 25.8 Å². The third-order valence-electron chi connectivity index (χ3n) is 2.82. The van der Waals surface area contributed by atoms with Crippen LogP contribution < -0.4 is 4.90 Å². The number of rotatable bonds is 3. The van der Waals surface area contributed by atoms with Crippen LogP contribution in [-0.2, 0) is 9.53 Å². The van der Waals surface area contributed by atoms with Gasteiger partial charge in [0, 0.05) is 12.7 Å². The normalized spacial score (nSPS) is 19.4. The van der Waals surface area contributed by atoms with Crippen LogP contribution in [0.1, 0.15) is 19.8 Å². The molecule has 2 heterocycles. The second-order valence-electron chi connectivity index (χ2n) is 3.91. The lowest BCUT2D eigenvalue weighted by Crippen LogP contribution is -2.38. The Labute approximate surface area is 99.4 Å². The Bertz CT molecular complexity index is 411. The highest BCUT2D eigenvalue weighted by Gasteiger charge is 2.33. The molecule has 0 aliphatic carbocycles. The molecule has 5 heteroatoms. The summed E-state index contributed by atoms with van der Waals surface area (Å²) in [7, 11) is 0. The summed E-state index contributed by atoms with van der Waals surface area (Å²) < 4.78 is 18.6. The maximum atomic E-state index is 13.6. The maximum Gasteiger partial charge on any atom is 0.328 e. The first-order valence-electron chi connectivity index (χ1n) is 5.78. The molecule has 1 atom stereocenters. The Morgan fingerprint density at radius 1 is 1.71 bits per heavy atom. The molecule has 1 fully saturated rings. The minimum atomic E-state index is -0.403. The smallest absolute Gasteiger partial charge is 0.328 e. The number of ether oxygens (including phenoxy) is 1. The fourth-order valence-electron chi connectivity index (χ4n) is 2.09. The van der Waals surface area contributed by atoms with E-state index >= 15 is 0 Å². The molecule has 0 radical (unpaired) electrons. The minimum absolute atomic E-state index is 0.239. The van der Waals surface area contributed by atoms with Gasteiger partial charge in [0.15, 0.2) is 11.6 Å². The van der Waals surface area contributed by atoms with E-state index in [2.05, 4.69) is 4.98 Å². The lowest BCUT2D eigenvalue weighted by atomic mass is 10.2. The molecule has 1 aliphatic rings. The van der Waals surface area contributed by atoms with Crippen molar-refractivity contribution in [3.05, 3.63) is 24.1 Å². The summed E-state index contributed by atoms with van der Waals surface area (Å²) in [6.07, 6.45) is 3.06. The van der Waals surface area contributed by atoms with Crippen molar-refractivity contribution in [3.8, 4) is 0 Å². The fraction of sp³-hybridized carbons (Fsp3) is 0.500. The van der Waals surface area contributed by atoms with Gasteiger partial charge >= 0.3 is 5.97 Å². The zero-order valence-electron chi connectivity index (χ0n) is 9.73. The van der Waals surface area contributed by atoms with Crippen molar-refractivity contribution in [2.75, 3.05) is 18.1 Å². The lowest BCUT2D eigenvalue weighted by molar-refractivity contribution is -0.144. The van der Waals surface area contributed by atoms with E-state index in [4.69, 9.17) is 4.74 Å². The largest absolute Gasteiger partial charge is 0.464 e. The predicted octanol–water partition coefficient (Wildman–Crippen LogP) is 1.75. The summed E-state index contributed by atoms with van der Waals surface area (Å²) >= 11 is 0. The number of hydrogen-bond donors (Lipinski definition) is 0. The van der Waals surface area contributed by atoms with Crippen molar-refractivity contribution < 1.29 is 13.9 Å². The van der Waals surface area contributed by atoms with Gasteiger partial charge in [-0.05, 0) is 31.9 Å². The molecule has 0 spiro atoms. The van der Waals surface area contributed by atoms with E-state index in [1.165, 1.54) is 18.3 Å². The Morgan fingerprint density at radius 2 is 2.53 bits per heavy atom. The average Bonchev–Trinajstić information content (AvgIpc) is 2.79. The van der Waals surface area contributed by atoms with Crippen molar-refractivity contribution in [3.63, 3.8) is 0 Å². The molecule has 4 nitrogen and oxygen atoms in total. The predicted molar refractivity (Wildman–Crippen MR) is 61.2 cm³/mol. The van der Waals surface area contributed by atoms with E-state index in [1.54, 1.807) is 11.8 Å². The summed E-state index contributed by atoms with van der Waals surface area (Å²) in [4.78, 5) is 17.4. The first-order valence-corrected chi connectivity index (χ1v) is 5.78. The van der Waals surface area contributed by atoms with Crippen molar-refractivity contribution in [1.82, 2.24) is 4.98 Å². The molecule has 1 aromatic heterocycles. The number of halogens is 1. The van der Waals surface area contributed by atoms with Gasteiger partial charge in [-0.2, -0.15) is 0 Å². The quantitative estimate of drug-likeness (QED) is 0.752. The van der Waals surface area contributed by atoms with Gasteiger partial charge in [0.1, 0.15) is 6.04 Å². The fourth-order valence-corrected chi connectivity index (χ4v) is 2.09. The number of hydrogen-bond acceptors (Lipinski definition) is 4. The molecule has 0 N–H and O–H groups in total. The Hall–Kier alpha value is -1.65. The second kappa shape index (κ2) is 5.12. The van der Waals surface area contributed by atoms with E-state index in [0.717, 1.165) is 6.42 Å². The maximum absolute atomic E-state index is 13.6. The number of nitrogens with zero attached hydrogens (tertiary/aromatic N) is 2. The number of pyridine rings is 1. The highest BCUT2D eigenvalue weighted by atomic mass is 19.1. The highest BCUT2D eigenvalue weighted by Crippen LogP contribution is 2.26. The average molecular weight is 238 g/mol. The molecule has 0 saturated carbocycles. The first kappa shape index (κ1) is 11.8. The van der Waals surface area contributed by atoms with Crippen molar-refractivity contribution in [2.24, 2.45) is 0 Å². The van der Waals surface area contributed by atoms with Crippen LogP contribution in [0, 0.1) is 5.82 Å². The molecule has 92 valence electrons. The Kier molecular flexibility index (Phi) is 3.56. The monoisotopic (exact) mass is 238 g/mol. The number of carbonyl (C=O) groups is 1. The third kappa shape index (κ3) is 2.38. The molecule has 0 bridgehead atoms. The number of carbonyl (C=O) groups excluding carboxylic acids is 1. The SMILES string of the molecule is CCOC(=O)C1CCCN1c1ncccc1F. The summed E-state index contributed by atoms with van der Waals surface area (Å²) in [5.74, 6) is -0.457. The van der Waals surface area contributed by atoms with Crippen LogP contribution >= 0.6 is 0 Å². The van der Waals surface area contributed by atoms with Gasteiger partial charge in [-0.25, -0.2) is 14.2 Å². The number of esters is 1. The first-order chi connectivity index (χ1) is 8.24. The third-order valence-corrected chi connectivity index (χ3v) is 2.82. The van der Waals surface area contributed by atoms with Gasteiger partial charge in [0.25, 0.3) is 0 Å². The molecule has 2 rings (SSSR count).